The second kappa shape index (κ2) is 4.84. The fraction of sp³-hybridized carbons (Fsp3) is 0.333. The lowest BCUT2D eigenvalue weighted by Gasteiger charge is -2.08. The largest absolute Gasteiger partial charge is 0.307 e. The van der Waals surface area contributed by atoms with Gasteiger partial charge in [0, 0.05) is 16.0 Å². The normalized spacial score (nSPS) is 19.7. The van der Waals surface area contributed by atoms with Crippen LogP contribution >= 0.6 is 27.3 Å². The lowest BCUT2D eigenvalue weighted by molar-refractivity contribution is 0.605. The number of aromatic nitrogens is 2. The summed E-state index contributed by atoms with van der Waals surface area (Å²) in [6.07, 6.45) is 4.20. The Hall–Kier alpha value is -0.780. The topological polar surface area (TPSA) is 37.8 Å². The van der Waals surface area contributed by atoms with E-state index in [4.69, 9.17) is 0 Å². The Bertz CT molecular complexity index is 520. The molecular weight excluding hydrogens is 298 g/mol. The van der Waals surface area contributed by atoms with Crippen molar-refractivity contribution < 1.29 is 0 Å². The zero-order chi connectivity index (χ0) is 11.7. The van der Waals surface area contributed by atoms with Crippen LogP contribution in [0.1, 0.15) is 24.7 Å². The van der Waals surface area contributed by atoms with E-state index in [2.05, 4.69) is 42.7 Å². The van der Waals surface area contributed by atoms with E-state index in [1.807, 2.05) is 12.3 Å². The summed E-state index contributed by atoms with van der Waals surface area (Å²) >= 11 is 5.17. The Morgan fingerprint density at radius 2 is 2.41 bits per heavy atom. The molecule has 17 heavy (non-hydrogen) atoms. The minimum absolute atomic E-state index is 0.332. The number of nitrogens with zero attached hydrogens (tertiary/aromatic N) is 2. The summed E-state index contributed by atoms with van der Waals surface area (Å²) in [6.45, 7) is 1.07. The van der Waals surface area contributed by atoms with Crippen molar-refractivity contribution in [2.45, 2.75) is 18.9 Å². The smallest absolute Gasteiger partial charge is 0.145 e. The first-order valence-electron chi connectivity index (χ1n) is 5.64. The van der Waals surface area contributed by atoms with Gasteiger partial charge in [0.05, 0.1) is 16.6 Å². The van der Waals surface area contributed by atoms with Crippen molar-refractivity contribution in [1.29, 1.82) is 0 Å². The van der Waals surface area contributed by atoms with Crippen LogP contribution in [0.4, 0.5) is 0 Å². The lowest BCUT2D eigenvalue weighted by atomic mass is 10.2. The monoisotopic (exact) mass is 309 g/mol. The average molecular weight is 310 g/mol. The molecule has 0 saturated carbocycles. The highest BCUT2D eigenvalue weighted by Gasteiger charge is 2.19. The third-order valence-corrected chi connectivity index (χ3v) is 4.58. The van der Waals surface area contributed by atoms with Crippen molar-refractivity contribution in [2.24, 2.45) is 0 Å². The Balaban J connectivity index is 1.93. The molecule has 1 N–H and O–H groups in total. The van der Waals surface area contributed by atoms with Crippen molar-refractivity contribution in [3.05, 3.63) is 34.0 Å². The van der Waals surface area contributed by atoms with E-state index in [0.29, 0.717) is 6.04 Å². The quantitative estimate of drug-likeness (QED) is 0.924. The van der Waals surface area contributed by atoms with Gasteiger partial charge in [-0.3, -0.25) is 0 Å². The predicted octanol–water partition coefficient (Wildman–Crippen LogP) is 3.39. The minimum atomic E-state index is 0.332. The van der Waals surface area contributed by atoms with Crippen LogP contribution in [-0.2, 0) is 0 Å². The maximum absolute atomic E-state index is 4.65. The standard InChI is InChI=1S/C12H12BrN3S/c13-8-6-11(17-7-8)9-3-5-15-12(16-9)10-2-1-4-14-10/h3,5-7,10,14H,1-2,4H2. The van der Waals surface area contributed by atoms with Gasteiger partial charge >= 0.3 is 0 Å². The van der Waals surface area contributed by atoms with E-state index in [-0.39, 0.29) is 0 Å². The summed E-state index contributed by atoms with van der Waals surface area (Å²) in [5.74, 6) is 0.921. The lowest BCUT2D eigenvalue weighted by Crippen LogP contribution is -2.15. The van der Waals surface area contributed by atoms with Gasteiger partial charge in [0.25, 0.3) is 0 Å². The van der Waals surface area contributed by atoms with Gasteiger partial charge < -0.3 is 5.32 Å². The zero-order valence-electron chi connectivity index (χ0n) is 9.19. The molecule has 1 aliphatic heterocycles. The number of thiophene rings is 1. The van der Waals surface area contributed by atoms with E-state index in [1.54, 1.807) is 11.3 Å². The van der Waals surface area contributed by atoms with E-state index in [9.17, 15) is 0 Å². The zero-order valence-corrected chi connectivity index (χ0v) is 11.6. The van der Waals surface area contributed by atoms with Gasteiger partial charge in [-0.2, -0.15) is 0 Å². The maximum Gasteiger partial charge on any atom is 0.145 e. The number of nitrogens with one attached hydrogen (secondary N) is 1. The van der Waals surface area contributed by atoms with Gasteiger partial charge in [0.2, 0.25) is 0 Å². The Kier molecular flexibility index (Phi) is 3.22. The molecule has 2 aromatic rings. The van der Waals surface area contributed by atoms with Crippen LogP contribution in [0, 0.1) is 0 Å². The van der Waals surface area contributed by atoms with Crippen molar-refractivity contribution in [2.75, 3.05) is 6.54 Å². The summed E-state index contributed by atoms with van der Waals surface area (Å²) in [6, 6.07) is 4.40. The molecule has 1 aliphatic rings. The highest BCUT2D eigenvalue weighted by Crippen LogP contribution is 2.29. The van der Waals surface area contributed by atoms with Crippen LogP contribution in [0.25, 0.3) is 10.6 Å². The molecule has 0 amide bonds. The van der Waals surface area contributed by atoms with E-state index in [0.717, 1.165) is 29.0 Å². The van der Waals surface area contributed by atoms with Gasteiger partial charge in [-0.1, -0.05) is 0 Å². The van der Waals surface area contributed by atoms with Crippen LogP contribution in [0.2, 0.25) is 0 Å². The van der Waals surface area contributed by atoms with Crippen LogP contribution in [-0.4, -0.2) is 16.5 Å². The molecule has 1 fully saturated rings. The molecule has 0 spiro atoms. The summed E-state index contributed by atoms with van der Waals surface area (Å²) in [4.78, 5) is 10.2. The van der Waals surface area contributed by atoms with E-state index >= 15 is 0 Å². The van der Waals surface area contributed by atoms with Gasteiger partial charge in [-0.15, -0.1) is 11.3 Å². The van der Waals surface area contributed by atoms with Crippen LogP contribution in [0.3, 0.4) is 0 Å². The molecule has 3 nitrogen and oxygen atoms in total. The minimum Gasteiger partial charge on any atom is -0.307 e. The molecule has 1 unspecified atom stereocenters. The molecule has 1 atom stereocenters. The van der Waals surface area contributed by atoms with Crippen molar-refractivity contribution in [1.82, 2.24) is 15.3 Å². The van der Waals surface area contributed by atoms with Gasteiger partial charge in [-0.25, -0.2) is 9.97 Å². The molecule has 2 aromatic heterocycles. The molecule has 0 radical (unpaired) electrons. The molecule has 3 rings (SSSR count). The summed E-state index contributed by atoms with van der Waals surface area (Å²) in [5.41, 5.74) is 1.01. The second-order valence-electron chi connectivity index (χ2n) is 4.08. The first kappa shape index (κ1) is 11.3. The molecule has 88 valence electrons. The fourth-order valence-corrected chi connectivity index (χ4v) is 3.43. The van der Waals surface area contributed by atoms with Crippen molar-refractivity contribution in [3.8, 4) is 10.6 Å². The Morgan fingerprint density at radius 1 is 1.47 bits per heavy atom. The summed E-state index contributed by atoms with van der Waals surface area (Å²) in [5, 5.41) is 5.50. The molecular formula is C12H12BrN3S. The molecule has 0 aliphatic carbocycles. The number of hydrogen-bond acceptors (Lipinski definition) is 4. The highest BCUT2D eigenvalue weighted by molar-refractivity contribution is 9.10. The van der Waals surface area contributed by atoms with E-state index < -0.39 is 0 Å². The Labute approximate surface area is 112 Å². The molecule has 3 heterocycles. The van der Waals surface area contributed by atoms with Gasteiger partial charge in [-0.05, 0) is 47.4 Å². The second-order valence-corrected chi connectivity index (χ2v) is 5.91. The number of rotatable bonds is 2. The van der Waals surface area contributed by atoms with Crippen LogP contribution in [0.5, 0.6) is 0 Å². The summed E-state index contributed by atoms with van der Waals surface area (Å²) < 4.78 is 1.11. The Morgan fingerprint density at radius 3 is 3.12 bits per heavy atom. The molecule has 0 aromatic carbocycles. The third kappa shape index (κ3) is 2.41. The van der Waals surface area contributed by atoms with Crippen LogP contribution in [0.15, 0.2) is 28.2 Å². The van der Waals surface area contributed by atoms with Crippen molar-refractivity contribution in [3.63, 3.8) is 0 Å². The average Bonchev–Trinajstić information content (AvgIpc) is 3.00. The number of halogens is 1. The van der Waals surface area contributed by atoms with Gasteiger partial charge in [0.1, 0.15) is 5.82 Å². The van der Waals surface area contributed by atoms with E-state index in [1.165, 1.54) is 11.3 Å². The maximum atomic E-state index is 4.65. The SMILES string of the molecule is Brc1csc(-c2ccnc(C3CCCN3)n2)c1. The summed E-state index contributed by atoms with van der Waals surface area (Å²) in [7, 11) is 0. The number of hydrogen-bond donors (Lipinski definition) is 1. The predicted molar refractivity (Wildman–Crippen MR) is 73.0 cm³/mol. The first-order valence-corrected chi connectivity index (χ1v) is 7.31. The van der Waals surface area contributed by atoms with Crippen molar-refractivity contribution >= 4 is 27.3 Å². The third-order valence-electron chi connectivity index (χ3n) is 2.87. The van der Waals surface area contributed by atoms with Crippen LogP contribution < -0.4 is 5.32 Å². The molecule has 1 saturated heterocycles. The fourth-order valence-electron chi connectivity index (χ4n) is 2.03. The first-order chi connectivity index (χ1) is 8.33. The van der Waals surface area contributed by atoms with Gasteiger partial charge in [0.15, 0.2) is 0 Å². The molecule has 5 heteroatoms. The molecule has 0 bridgehead atoms. The highest BCUT2D eigenvalue weighted by atomic mass is 79.9.